The van der Waals surface area contributed by atoms with Gasteiger partial charge in [0.1, 0.15) is 17.5 Å². The van der Waals surface area contributed by atoms with E-state index in [1.165, 1.54) is 6.07 Å². The molecule has 1 aliphatic rings. The van der Waals surface area contributed by atoms with Gasteiger partial charge in [0, 0.05) is 12.3 Å². The average Bonchev–Trinajstić information content (AvgIpc) is 2.69. The van der Waals surface area contributed by atoms with Gasteiger partial charge in [0.15, 0.2) is 0 Å². The van der Waals surface area contributed by atoms with E-state index in [1.807, 2.05) is 0 Å². The zero-order chi connectivity index (χ0) is 14.9. The Balaban J connectivity index is 2.26. The highest BCUT2D eigenvalue weighted by molar-refractivity contribution is 5.90. The number of benzene rings is 1. The fourth-order valence-corrected chi connectivity index (χ4v) is 2.30. The SMILES string of the molecule is CC(C)(C)OC(=O)C1NC(=O)C[C@H]1c1ccccc1F. The summed E-state index contributed by atoms with van der Waals surface area (Å²) >= 11 is 0. The number of ether oxygens (including phenoxy) is 1. The van der Waals surface area contributed by atoms with Crippen molar-refractivity contribution < 1.29 is 18.7 Å². The lowest BCUT2D eigenvalue weighted by molar-refractivity contribution is -0.157. The molecule has 0 radical (unpaired) electrons. The van der Waals surface area contributed by atoms with Crippen LogP contribution in [0.15, 0.2) is 24.3 Å². The van der Waals surface area contributed by atoms with E-state index in [4.69, 9.17) is 4.74 Å². The van der Waals surface area contributed by atoms with Crippen molar-refractivity contribution in [1.82, 2.24) is 5.32 Å². The largest absolute Gasteiger partial charge is 0.458 e. The highest BCUT2D eigenvalue weighted by Gasteiger charge is 2.41. The molecular weight excluding hydrogens is 261 g/mol. The van der Waals surface area contributed by atoms with Gasteiger partial charge in [0.05, 0.1) is 0 Å². The molecule has 1 amide bonds. The normalized spacial score (nSPS) is 22.5. The Morgan fingerprint density at radius 1 is 1.35 bits per heavy atom. The lowest BCUT2D eigenvalue weighted by Crippen LogP contribution is -2.41. The van der Waals surface area contributed by atoms with Gasteiger partial charge in [-0.05, 0) is 32.4 Å². The van der Waals surface area contributed by atoms with Gasteiger partial charge in [-0.25, -0.2) is 9.18 Å². The Kier molecular flexibility index (Phi) is 3.79. The fraction of sp³-hybridized carbons (Fsp3) is 0.467. The predicted molar refractivity (Wildman–Crippen MR) is 71.5 cm³/mol. The minimum atomic E-state index is -0.835. The van der Waals surface area contributed by atoms with Crippen LogP contribution in [0.25, 0.3) is 0 Å². The van der Waals surface area contributed by atoms with Crippen LogP contribution in [-0.2, 0) is 14.3 Å². The van der Waals surface area contributed by atoms with Gasteiger partial charge in [0.25, 0.3) is 0 Å². The smallest absolute Gasteiger partial charge is 0.329 e. The lowest BCUT2D eigenvalue weighted by atomic mass is 9.91. The number of amides is 1. The maximum atomic E-state index is 13.9. The summed E-state index contributed by atoms with van der Waals surface area (Å²) in [5.41, 5.74) is -0.286. The molecule has 2 rings (SSSR count). The molecule has 5 heteroatoms. The van der Waals surface area contributed by atoms with Crippen LogP contribution in [-0.4, -0.2) is 23.5 Å². The highest BCUT2D eigenvalue weighted by atomic mass is 19.1. The molecule has 1 heterocycles. The van der Waals surface area contributed by atoms with Crippen LogP contribution < -0.4 is 5.32 Å². The fourth-order valence-electron chi connectivity index (χ4n) is 2.30. The molecule has 1 unspecified atom stereocenters. The molecule has 2 atom stereocenters. The van der Waals surface area contributed by atoms with Gasteiger partial charge in [-0.3, -0.25) is 4.79 Å². The van der Waals surface area contributed by atoms with Gasteiger partial charge in [0.2, 0.25) is 5.91 Å². The Morgan fingerprint density at radius 2 is 2.00 bits per heavy atom. The predicted octanol–water partition coefficient (Wildman–Crippen LogP) is 2.14. The van der Waals surface area contributed by atoms with Gasteiger partial charge in [-0.2, -0.15) is 0 Å². The molecule has 0 aliphatic carbocycles. The zero-order valence-electron chi connectivity index (χ0n) is 11.8. The van der Waals surface area contributed by atoms with E-state index in [9.17, 15) is 14.0 Å². The molecular formula is C15H18FNO3. The topological polar surface area (TPSA) is 55.4 Å². The van der Waals surface area contributed by atoms with E-state index >= 15 is 0 Å². The first kappa shape index (κ1) is 14.5. The van der Waals surface area contributed by atoms with Crippen molar-refractivity contribution in [3.8, 4) is 0 Å². The Hall–Kier alpha value is -1.91. The summed E-state index contributed by atoms with van der Waals surface area (Å²) in [6.45, 7) is 5.25. The number of halogens is 1. The van der Waals surface area contributed by atoms with Crippen LogP contribution in [0.4, 0.5) is 4.39 Å². The van der Waals surface area contributed by atoms with Gasteiger partial charge >= 0.3 is 5.97 Å². The second-order valence-corrected chi connectivity index (χ2v) is 5.91. The molecule has 0 spiro atoms. The van der Waals surface area contributed by atoms with Crippen molar-refractivity contribution in [3.63, 3.8) is 0 Å². The number of hydrogen-bond acceptors (Lipinski definition) is 3. The van der Waals surface area contributed by atoms with E-state index in [0.29, 0.717) is 5.56 Å². The summed E-state index contributed by atoms with van der Waals surface area (Å²) in [5.74, 6) is -1.74. The van der Waals surface area contributed by atoms with Crippen molar-refractivity contribution in [3.05, 3.63) is 35.6 Å². The van der Waals surface area contributed by atoms with Crippen LogP contribution in [0, 0.1) is 5.82 Å². The molecule has 1 saturated heterocycles. The number of nitrogens with one attached hydrogen (secondary N) is 1. The van der Waals surface area contributed by atoms with Crippen LogP contribution in [0.5, 0.6) is 0 Å². The summed E-state index contributed by atoms with van der Waals surface area (Å²) in [7, 11) is 0. The van der Waals surface area contributed by atoms with Gasteiger partial charge in [-0.1, -0.05) is 18.2 Å². The third kappa shape index (κ3) is 3.15. The number of carbonyl (C=O) groups excluding carboxylic acids is 2. The first-order valence-electron chi connectivity index (χ1n) is 6.54. The minimum Gasteiger partial charge on any atom is -0.458 e. The number of rotatable bonds is 2. The molecule has 4 nitrogen and oxygen atoms in total. The summed E-state index contributed by atoms with van der Waals surface area (Å²) in [6, 6.07) is 5.35. The molecule has 1 fully saturated rings. The summed E-state index contributed by atoms with van der Waals surface area (Å²) < 4.78 is 19.1. The molecule has 1 aromatic carbocycles. The van der Waals surface area contributed by atoms with Crippen molar-refractivity contribution in [2.24, 2.45) is 0 Å². The van der Waals surface area contributed by atoms with Crippen LogP contribution in [0.3, 0.4) is 0 Å². The standard InChI is InChI=1S/C15H18FNO3/c1-15(2,3)20-14(19)13-10(8-12(18)17-13)9-6-4-5-7-11(9)16/h4-7,10,13H,8H2,1-3H3,(H,17,18)/t10-,13?/m0/s1. The second kappa shape index (κ2) is 5.23. The zero-order valence-corrected chi connectivity index (χ0v) is 11.8. The molecule has 20 heavy (non-hydrogen) atoms. The summed E-state index contributed by atoms with van der Waals surface area (Å²) in [5, 5.41) is 2.57. The third-order valence-corrected chi connectivity index (χ3v) is 3.09. The first-order chi connectivity index (χ1) is 9.28. The summed E-state index contributed by atoms with van der Waals surface area (Å²) in [6.07, 6.45) is 0.0881. The number of hydrogen-bond donors (Lipinski definition) is 1. The molecule has 0 bridgehead atoms. The third-order valence-electron chi connectivity index (χ3n) is 3.09. The number of esters is 1. The quantitative estimate of drug-likeness (QED) is 0.844. The van der Waals surface area contributed by atoms with Crippen molar-refractivity contribution >= 4 is 11.9 Å². The van der Waals surface area contributed by atoms with E-state index in [0.717, 1.165) is 0 Å². The Bertz CT molecular complexity index is 536. The molecule has 0 aromatic heterocycles. The lowest BCUT2D eigenvalue weighted by Gasteiger charge is -2.24. The highest BCUT2D eigenvalue weighted by Crippen LogP contribution is 2.31. The van der Waals surface area contributed by atoms with E-state index in [2.05, 4.69) is 5.32 Å². The monoisotopic (exact) mass is 279 g/mol. The Labute approximate surface area is 117 Å². The van der Waals surface area contributed by atoms with E-state index in [-0.39, 0.29) is 12.3 Å². The molecule has 108 valence electrons. The molecule has 0 saturated carbocycles. The minimum absolute atomic E-state index is 0.0881. The maximum Gasteiger partial charge on any atom is 0.329 e. The maximum absolute atomic E-state index is 13.9. The molecule has 1 N–H and O–H groups in total. The second-order valence-electron chi connectivity index (χ2n) is 5.91. The van der Waals surface area contributed by atoms with Crippen LogP contribution in [0.2, 0.25) is 0 Å². The summed E-state index contributed by atoms with van der Waals surface area (Å²) in [4.78, 5) is 23.7. The number of carbonyl (C=O) groups is 2. The van der Waals surface area contributed by atoms with Gasteiger partial charge in [-0.15, -0.1) is 0 Å². The van der Waals surface area contributed by atoms with Crippen molar-refractivity contribution in [2.75, 3.05) is 0 Å². The Morgan fingerprint density at radius 3 is 2.60 bits per heavy atom. The van der Waals surface area contributed by atoms with Crippen LogP contribution >= 0.6 is 0 Å². The molecule has 1 aromatic rings. The van der Waals surface area contributed by atoms with E-state index < -0.39 is 29.3 Å². The average molecular weight is 279 g/mol. The van der Waals surface area contributed by atoms with Gasteiger partial charge < -0.3 is 10.1 Å². The first-order valence-corrected chi connectivity index (χ1v) is 6.54. The van der Waals surface area contributed by atoms with Crippen LogP contribution in [0.1, 0.15) is 38.7 Å². The van der Waals surface area contributed by atoms with Crippen molar-refractivity contribution in [2.45, 2.75) is 44.8 Å². The van der Waals surface area contributed by atoms with Crippen molar-refractivity contribution in [1.29, 1.82) is 0 Å². The molecule has 1 aliphatic heterocycles. The van der Waals surface area contributed by atoms with E-state index in [1.54, 1.807) is 39.0 Å².